The molecule has 0 radical (unpaired) electrons. The Morgan fingerprint density at radius 3 is 2.50 bits per heavy atom. The third-order valence-corrected chi connectivity index (χ3v) is 3.47. The largest absolute Gasteiger partial charge is 0.508 e. The number of pyridine rings is 1. The zero-order valence-corrected chi connectivity index (χ0v) is 12.0. The van der Waals surface area contributed by atoms with Crippen LogP contribution in [0.25, 0.3) is 0 Å². The molecular weight excluding hydrogens is 282 g/mol. The first kappa shape index (κ1) is 14.3. The minimum Gasteiger partial charge on any atom is -0.508 e. The lowest BCUT2D eigenvalue weighted by molar-refractivity contribution is 0.102. The Kier molecular flexibility index (Phi) is 4.20. The van der Waals surface area contributed by atoms with Crippen molar-refractivity contribution in [2.75, 3.05) is 36.5 Å². The first-order valence-electron chi connectivity index (χ1n) is 7.11. The van der Waals surface area contributed by atoms with Gasteiger partial charge in [0, 0.05) is 25.0 Å². The van der Waals surface area contributed by atoms with Gasteiger partial charge in [-0.2, -0.15) is 0 Å². The van der Waals surface area contributed by atoms with Crippen molar-refractivity contribution >= 4 is 17.4 Å². The van der Waals surface area contributed by atoms with Gasteiger partial charge in [-0.15, -0.1) is 0 Å². The molecule has 0 saturated carbocycles. The Bertz CT molecular complexity index is 635. The molecule has 0 bridgehead atoms. The number of nitrogens with zero attached hydrogens (tertiary/aromatic N) is 2. The summed E-state index contributed by atoms with van der Waals surface area (Å²) in [6.45, 7) is 3.02. The average Bonchev–Trinajstić information content (AvgIpc) is 2.58. The number of hydrogen-bond donors (Lipinski definition) is 2. The van der Waals surface area contributed by atoms with Crippen molar-refractivity contribution < 1.29 is 14.6 Å². The quantitative estimate of drug-likeness (QED) is 0.846. The zero-order chi connectivity index (χ0) is 15.4. The minimum absolute atomic E-state index is 0.162. The van der Waals surface area contributed by atoms with E-state index in [1.54, 1.807) is 24.4 Å². The Morgan fingerprint density at radius 2 is 1.86 bits per heavy atom. The SMILES string of the molecule is O=C(Nc1ccc(O)cc1)c1ccc(N2CCOCC2)nc1. The molecule has 0 atom stereocenters. The highest BCUT2D eigenvalue weighted by atomic mass is 16.5. The Morgan fingerprint density at radius 1 is 1.14 bits per heavy atom. The summed E-state index contributed by atoms with van der Waals surface area (Å²) < 4.78 is 5.31. The lowest BCUT2D eigenvalue weighted by Gasteiger charge is -2.27. The van der Waals surface area contributed by atoms with Gasteiger partial charge < -0.3 is 20.1 Å². The predicted molar refractivity (Wildman–Crippen MR) is 83.3 cm³/mol. The molecule has 0 spiro atoms. The third-order valence-electron chi connectivity index (χ3n) is 3.47. The van der Waals surface area contributed by atoms with Gasteiger partial charge in [-0.25, -0.2) is 4.98 Å². The van der Waals surface area contributed by atoms with Crippen LogP contribution in [-0.2, 0) is 4.74 Å². The fraction of sp³-hybridized carbons (Fsp3) is 0.250. The van der Waals surface area contributed by atoms with Crippen LogP contribution in [0.2, 0.25) is 0 Å². The first-order chi connectivity index (χ1) is 10.7. The molecule has 114 valence electrons. The summed E-state index contributed by atoms with van der Waals surface area (Å²) in [5, 5.41) is 12.0. The van der Waals surface area contributed by atoms with Crippen LogP contribution in [0.1, 0.15) is 10.4 Å². The van der Waals surface area contributed by atoms with E-state index in [4.69, 9.17) is 4.74 Å². The van der Waals surface area contributed by atoms with E-state index >= 15 is 0 Å². The molecule has 6 heteroatoms. The second-order valence-corrected chi connectivity index (χ2v) is 5.01. The molecule has 1 aromatic carbocycles. The van der Waals surface area contributed by atoms with Gasteiger partial charge >= 0.3 is 0 Å². The van der Waals surface area contributed by atoms with E-state index < -0.39 is 0 Å². The van der Waals surface area contributed by atoms with Crippen molar-refractivity contribution in [3.63, 3.8) is 0 Å². The molecule has 2 aromatic rings. The van der Waals surface area contributed by atoms with Gasteiger partial charge in [-0.3, -0.25) is 4.79 Å². The standard InChI is InChI=1S/C16H17N3O3/c20-14-4-2-13(3-5-14)18-16(21)12-1-6-15(17-11-12)19-7-9-22-10-8-19/h1-6,11,20H,7-10H2,(H,18,21). The number of benzene rings is 1. The van der Waals surface area contributed by atoms with E-state index in [1.807, 2.05) is 6.07 Å². The lowest BCUT2D eigenvalue weighted by Crippen LogP contribution is -2.36. The van der Waals surface area contributed by atoms with Crippen molar-refractivity contribution in [3.05, 3.63) is 48.2 Å². The van der Waals surface area contributed by atoms with E-state index in [1.165, 1.54) is 12.1 Å². The summed E-state index contributed by atoms with van der Waals surface area (Å²) in [5.41, 5.74) is 1.12. The summed E-state index contributed by atoms with van der Waals surface area (Å²) >= 11 is 0. The number of anilines is 2. The summed E-state index contributed by atoms with van der Waals surface area (Å²) in [6.07, 6.45) is 1.57. The maximum absolute atomic E-state index is 12.1. The summed E-state index contributed by atoms with van der Waals surface area (Å²) in [6, 6.07) is 9.93. The Labute approximate surface area is 128 Å². The van der Waals surface area contributed by atoms with Gasteiger partial charge in [0.15, 0.2) is 0 Å². The number of carbonyl (C=O) groups is 1. The van der Waals surface area contributed by atoms with Gasteiger partial charge in [-0.1, -0.05) is 0 Å². The number of morpholine rings is 1. The van der Waals surface area contributed by atoms with Crippen LogP contribution in [0.15, 0.2) is 42.6 Å². The number of phenolic OH excluding ortho intramolecular Hbond substituents is 1. The maximum atomic E-state index is 12.1. The van der Waals surface area contributed by atoms with Gasteiger partial charge in [0.1, 0.15) is 11.6 Å². The first-order valence-corrected chi connectivity index (χ1v) is 7.11. The number of rotatable bonds is 3. The van der Waals surface area contributed by atoms with Crippen LogP contribution in [-0.4, -0.2) is 42.3 Å². The highest BCUT2D eigenvalue weighted by Crippen LogP contribution is 2.16. The summed E-state index contributed by atoms with van der Waals surface area (Å²) in [5.74, 6) is 0.783. The monoisotopic (exact) mass is 299 g/mol. The van der Waals surface area contributed by atoms with Crippen LogP contribution in [0.4, 0.5) is 11.5 Å². The molecular formula is C16H17N3O3. The molecule has 1 saturated heterocycles. The zero-order valence-electron chi connectivity index (χ0n) is 12.0. The molecule has 2 heterocycles. The highest BCUT2D eigenvalue weighted by Gasteiger charge is 2.13. The molecule has 2 N–H and O–H groups in total. The summed E-state index contributed by atoms with van der Waals surface area (Å²) in [7, 11) is 0. The molecule has 1 aliphatic heterocycles. The number of phenols is 1. The number of hydrogen-bond acceptors (Lipinski definition) is 5. The van der Waals surface area contributed by atoms with E-state index in [2.05, 4.69) is 15.2 Å². The number of nitrogens with one attached hydrogen (secondary N) is 1. The number of aromatic hydroxyl groups is 1. The van der Waals surface area contributed by atoms with Crippen LogP contribution in [0, 0.1) is 0 Å². The Hall–Kier alpha value is -2.60. The molecule has 1 aliphatic rings. The molecule has 22 heavy (non-hydrogen) atoms. The van der Waals surface area contributed by atoms with Gasteiger partial charge in [0.05, 0.1) is 18.8 Å². The lowest BCUT2D eigenvalue weighted by atomic mass is 10.2. The number of amides is 1. The van der Waals surface area contributed by atoms with Crippen LogP contribution in [0.3, 0.4) is 0 Å². The van der Waals surface area contributed by atoms with E-state index in [-0.39, 0.29) is 11.7 Å². The van der Waals surface area contributed by atoms with Crippen molar-refractivity contribution in [2.45, 2.75) is 0 Å². The van der Waals surface area contributed by atoms with Crippen LogP contribution >= 0.6 is 0 Å². The van der Waals surface area contributed by atoms with Gasteiger partial charge in [-0.05, 0) is 36.4 Å². The van der Waals surface area contributed by atoms with Crippen LogP contribution in [0.5, 0.6) is 5.75 Å². The number of ether oxygens (including phenoxy) is 1. The van der Waals surface area contributed by atoms with Gasteiger partial charge in [0.25, 0.3) is 5.91 Å². The molecule has 1 aromatic heterocycles. The second-order valence-electron chi connectivity index (χ2n) is 5.01. The second kappa shape index (κ2) is 6.44. The predicted octanol–water partition coefficient (Wildman–Crippen LogP) is 1.88. The molecule has 0 unspecified atom stereocenters. The number of aromatic nitrogens is 1. The van der Waals surface area contributed by atoms with Crippen LogP contribution < -0.4 is 10.2 Å². The maximum Gasteiger partial charge on any atom is 0.257 e. The van der Waals surface area contributed by atoms with Crippen molar-refractivity contribution in [1.29, 1.82) is 0 Å². The fourth-order valence-corrected chi connectivity index (χ4v) is 2.25. The number of carbonyl (C=O) groups excluding carboxylic acids is 1. The Balaban J connectivity index is 1.66. The minimum atomic E-state index is -0.230. The third kappa shape index (κ3) is 3.35. The molecule has 6 nitrogen and oxygen atoms in total. The smallest absolute Gasteiger partial charge is 0.257 e. The molecule has 1 fully saturated rings. The molecule has 0 aliphatic carbocycles. The van der Waals surface area contributed by atoms with E-state index in [0.717, 1.165) is 18.9 Å². The topological polar surface area (TPSA) is 74.7 Å². The highest BCUT2D eigenvalue weighted by molar-refractivity contribution is 6.04. The van der Waals surface area contributed by atoms with Crippen molar-refractivity contribution in [1.82, 2.24) is 4.98 Å². The van der Waals surface area contributed by atoms with E-state index in [9.17, 15) is 9.90 Å². The normalized spacial score (nSPS) is 14.6. The van der Waals surface area contributed by atoms with E-state index in [0.29, 0.717) is 24.5 Å². The van der Waals surface area contributed by atoms with Crippen molar-refractivity contribution in [3.8, 4) is 5.75 Å². The van der Waals surface area contributed by atoms with Crippen molar-refractivity contribution in [2.24, 2.45) is 0 Å². The summed E-state index contributed by atoms with van der Waals surface area (Å²) in [4.78, 5) is 18.6. The fourth-order valence-electron chi connectivity index (χ4n) is 2.25. The molecule has 1 amide bonds. The van der Waals surface area contributed by atoms with Gasteiger partial charge in [0.2, 0.25) is 0 Å². The average molecular weight is 299 g/mol. The molecule has 3 rings (SSSR count).